The second-order valence-electron chi connectivity index (χ2n) is 6.06. The van der Waals surface area contributed by atoms with Crippen LogP contribution in [0.1, 0.15) is 30.9 Å². The first-order valence-corrected chi connectivity index (χ1v) is 7.71. The Morgan fingerprint density at radius 3 is 2.67 bits per heavy atom. The Balaban J connectivity index is 1.84. The molecule has 0 bridgehead atoms. The van der Waals surface area contributed by atoms with Gasteiger partial charge < -0.3 is 10.2 Å². The zero-order valence-electron chi connectivity index (χ0n) is 12.2. The predicted octanol–water partition coefficient (Wildman–Crippen LogP) is 2.27. The molecule has 1 aromatic rings. The van der Waals surface area contributed by atoms with Gasteiger partial charge in [0, 0.05) is 11.6 Å². The van der Waals surface area contributed by atoms with Crippen LogP contribution in [0.2, 0.25) is 5.02 Å². The summed E-state index contributed by atoms with van der Waals surface area (Å²) in [5, 5.41) is 3.50. The molecule has 2 atom stereocenters. The number of piperazine rings is 1. The summed E-state index contributed by atoms with van der Waals surface area (Å²) in [4.78, 5) is 26.3. The number of amides is 2. The van der Waals surface area contributed by atoms with Crippen molar-refractivity contribution in [3.63, 3.8) is 0 Å². The van der Waals surface area contributed by atoms with Crippen molar-refractivity contribution >= 4 is 23.4 Å². The lowest BCUT2D eigenvalue weighted by Gasteiger charge is -2.37. The Hall–Kier alpha value is -1.55. The minimum atomic E-state index is -0.454. The SMILES string of the molecule is Cc1ccc(CN2C(=O)C(C3CC3)NC(=O)C2C)c(Cl)c1. The molecule has 2 amide bonds. The molecule has 3 rings (SSSR count). The highest BCUT2D eigenvalue weighted by molar-refractivity contribution is 6.31. The number of aryl methyl sites for hydroxylation is 1. The molecule has 2 aliphatic rings. The molecule has 21 heavy (non-hydrogen) atoms. The van der Waals surface area contributed by atoms with Crippen LogP contribution in [0.15, 0.2) is 18.2 Å². The molecule has 1 saturated heterocycles. The molecule has 0 aromatic heterocycles. The number of halogens is 1. The summed E-state index contributed by atoms with van der Waals surface area (Å²) in [5.41, 5.74) is 1.96. The summed E-state index contributed by atoms with van der Waals surface area (Å²) in [7, 11) is 0. The molecule has 0 radical (unpaired) electrons. The Kier molecular flexibility index (Phi) is 3.66. The second kappa shape index (κ2) is 5.34. The van der Waals surface area contributed by atoms with E-state index in [1.54, 1.807) is 11.8 Å². The molecular weight excluding hydrogens is 288 g/mol. The van der Waals surface area contributed by atoms with Gasteiger partial charge >= 0.3 is 0 Å². The fraction of sp³-hybridized carbons (Fsp3) is 0.500. The molecule has 1 saturated carbocycles. The van der Waals surface area contributed by atoms with Crippen LogP contribution in [0.5, 0.6) is 0 Å². The standard InChI is InChI=1S/C16H19ClN2O2/c1-9-3-4-12(13(17)7-9)8-19-10(2)15(20)18-14(16(19)21)11-5-6-11/h3-4,7,10-11,14H,5-6,8H2,1-2H3,(H,18,20). The van der Waals surface area contributed by atoms with Crippen molar-refractivity contribution in [2.75, 3.05) is 0 Å². The largest absolute Gasteiger partial charge is 0.342 e. The number of nitrogens with one attached hydrogen (secondary N) is 1. The highest BCUT2D eigenvalue weighted by Crippen LogP contribution is 2.35. The monoisotopic (exact) mass is 306 g/mol. The van der Waals surface area contributed by atoms with Crippen molar-refractivity contribution in [1.82, 2.24) is 10.2 Å². The summed E-state index contributed by atoms with van der Waals surface area (Å²) in [6.07, 6.45) is 2.04. The minimum absolute atomic E-state index is 0.0150. The van der Waals surface area contributed by atoms with E-state index in [2.05, 4.69) is 5.32 Å². The lowest BCUT2D eigenvalue weighted by molar-refractivity contribution is -0.149. The maximum atomic E-state index is 12.6. The Labute approximate surface area is 129 Å². The van der Waals surface area contributed by atoms with Gasteiger partial charge in [0.25, 0.3) is 0 Å². The quantitative estimate of drug-likeness (QED) is 0.931. The van der Waals surface area contributed by atoms with Crippen molar-refractivity contribution in [2.24, 2.45) is 5.92 Å². The predicted molar refractivity (Wildman–Crippen MR) is 80.9 cm³/mol. The van der Waals surface area contributed by atoms with E-state index in [4.69, 9.17) is 11.6 Å². The van der Waals surface area contributed by atoms with E-state index in [9.17, 15) is 9.59 Å². The van der Waals surface area contributed by atoms with Gasteiger partial charge in [-0.05, 0) is 49.8 Å². The van der Waals surface area contributed by atoms with Crippen molar-refractivity contribution in [3.8, 4) is 0 Å². The summed E-state index contributed by atoms with van der Waals surface area (Å²) in [5.74, 6) is 0.251. The Bertz CT molecular complexity index is 598. The number of hydrogen-bond acceptors (Lipinski definition) is 2. The first kappa shape index (κ1) is 14.4. The van der Waals surface area contributed by atoms with E-state index < -0.39 is 6.04 Å². The normalized spacial score (nSPS) is 26.0. The van der Waals surface area contributed by atoms with E-state index >= 15 is 0 Å². The van der Waals surface area contributed by atoms with Crippen LogP contribution in [-0.2, 0) is 16.1 Å². The summed E-state index contributed by atoms with van der Waals surface area (Å²) in [6, 6.07) is 4.98. The van der Waals surface area contributed by atoms with Gasteiger partial charge in [0.05, 0.1) is 0 Å². The van der Waals surface area contributed by atoms with Crippen LogP contribution in [0, 0.1) is 12.8 Å². The van der Waals surface area contributed by atoms with Crippen LogP contribution in [0.25, 0.3) is 0 Å². The Morgan fingerprint density at radius 2 is 2.05 bits per heavy atom. The maximum absolute atomic E-state index is 12.6. The molecule has 1 aliphatic heterocycles. The van der Waals surface area contributed by atoms with Gasteiger partial charge in [0.1, 0.15) is 12.1 Å². The molecule has 1 N–H and O–H groups in total. The van der Waals surface area contributed by atoms with Crippen molar-refractivity contribution in [3.05, 3.63) is 34.3 Å². The molecular formula is C16H19ClN2O2. The highest BCUT2D eigenvalue weighted by atomic mass is 35.5. The number of nitrogens with zero attached hydrogens (tertiary/aromatic N) is 1. The Morgan fingerprint density at radius 1 is 1.33 bits per heavy atom. The number of rotatable bonds is 3. The van der Waals surface area contributed by atoms with Crippen LogP contribution in [0.3, 0.4) is 0 Å². The summed E-state index contributed by atoms with van der Waals surface area (Å²) in [6.45, 7) is 4.12. The van der Waals surface area contributed by atoms with Gasteiger partial charge in [-0.3, -0.25) is 9.59 Å². The third-order valence-electron chi connectivity index (χ3n) is 4.34. The fourth-order valence-electron chi connectivity index (χ4n) is 2.77. The van der Waals surface area contributed by atoms with E-state index in [0.717, 1.165) is 24.0 Å². The van der Waals surface area contributed by atoms with Gasteiger partial charge in [-0.25, -0.2) is 0 Å². The van der Waals surface area contributed by atoms with E-state index in [1.807, 2.05) is 25.1 Å². The van der Waals surface area contributed by atoms with E-state index in [-0.39, 0.29) is 17.9 Å². The average Bonchev–Trinajstić information content (AvgIpc) is 3.25. The number of carbonyl (C=O) groups excluding carboxylic acids is 2. The molecule has 2 unspecified atom stereocenters. The lowest BCUT2D eigenvalue weighted by Crippen LogP contribution is -2.62. The zero-order valence-corrected chi connectivity index (χ0v) is 13.0. The fourth-order valence-corrected chi connectivity index (χ4v) is 3.07. The third-order valence-corrected chi connectivity index (χ3v) is 4.69. The topological polar surface area (TPSA) is 49.4 Å². The van der Waals surface area contributed by atoms with Crippen molar-refractivity contribution in [2.45, 2.75) is 45.3 Å². The highest BCUT2D eigenvalue weighted by Gasteiger charge is 2.45. The summed E-state index contributed by atoms with van der Waals surface area (Å²) < 4.78 is 0. The van der Waals surface area contributed by atoms with Gasteiger partial charge in [-0.15, -0.1) is 0 Å². The van der Waals surface area contributed by atoms with Gasteiger partial charge in [0.2, 0.25) is 11.8 Å². The first-order valence-electron chi connectivity index (χ1n) is 7.33. The number of benzene rings is 1. The van der Waals surface area contributed by atoms with E-state index in [1.165, 1.54) is 0 Å². The molecule has 112 valence electrons. The second-order valence-corrected chi connectivity index (χ2v) is 6.47. The minimum Gasteiger partial charge on any atom is -0.342 e. The van der Waals surface area contributed by atoms with Gasteiger partial charge in [-0.2, -0.15) is 0 Å². The van der Waals surface area contributed by atoms with Crippen LogP contribution >= 0.6 is 11.6 Å². The van der Waals surface area contributed by atoms with Crippen LogP contribution < -0.4 is 5.32 Å². The smallest absolute Gasteiger partial charge is 0.246 e. The molecule has 2 fully saturated rings. The molecule has 0 spiro atoms. The molecule has 5 heteroatoms. The number of hydrogen-bond donors (Lipinski definition) is 1. The van der Waals surface area contributed by atoms with Crippen LogP contribution in [-0.4, -0.2) is 28.8 Å². The van der Waals surface area contributed by atoms with Crippen molar-refractivity contribution < 1.29 is 9.59 Å². The van der Waals surface area contributed by atoms with Gasteiger partial charge in [0.15, 0.2) is 0 Å². The summed E-state index contributed by atoms with van der Waals surface area (Å²) >= 11 is 6.25. The van der Waals surface area contributed by atoms with E-state index in [0.29, 0.717) is 17.5 Å². The lowest BCUT2D eigenvalue weighted by atomic mass is 10.0. The van der Waals surface area contributed by atoms with Crippen molar-refractivity contribution in [1.29, 1.82) is 0 Å². The maximum Gasteiger partial charge on any atom is 0.246 e. The van der Waals surface area contributed by atoms with Crippen LogP contribution in [0.4, 0.5) is 0 Å². The third kappa shape index (κ3) is 2.77. The first-order chi connectivity index (χ1) is 9.97. The average molecular weight is 307 g/mol. The zero-order chi connectivity index (χ0) is 15.1. The molecule has 1 aromatic carbocycles. The molecule has 4 nitrogen and oxygen atoms in total. The number of carbonyl (C=O) groups is 2. The molecule has 1 heterocycles. The van der Waals surface area contributed by atoms with Gasteiger partial charge in [-0.1, -0.05) is 23.7 Å². The molecule has 1 aliphatic carbocycles.